The van der Waals surface area contributed by atoms with E-state index in [9.17, 15) is 0 Å². The molecular formula is C16H25NO. The first-order chi connectivity index (χ1) is 8.52. The lowest BCUT2D eigenvalue weighted by Gasteiger charge is -2.31. The van der Waals surface area contributed by atoms with Gasteiger partial charge in [0.2, 0.25) is 0 Å². The minimum absolute atomic E-state index is 0.192. The number of ether oxygens (including phenoxy) is 1. The first kappa shape index (κ1) is 13.6. The quantitative estimate of drug-likeness (QED) is 0.869. The van der Waals surface area contributed by atoms with Gasteiger partial charge in [0.15, 0.2) is 0 Å². The summed E-state index contributed by atoms with van der Waals surface area (Å²) in [5.41, 5.74) is 8.70. The number of rotatable bonds is 2. The lowest BCUT2D eigenvalue weighted by molar-refractivity contribution is -0.0251. The van der Waals surface area contributed by atoms with Gasteiger partial charge in [-0.05, 0) is 35.9 Å². The summed E-state index contributed by atoms with van der Waals surface area (Å²) in [4.78, 5) is 0. The van der Waals surface area contributed by atoms with Crippen molar-refractivity contribution in [1.82, 2.24) is 0 Å². The lowest BCUT2D eigenvalue weighted by atomic mass is 9.84. The van der Waals surface area contributed by atoms with Crippen LogP contribution in [0.4, 0.5) is 0 Å². The molecule has 2 N–H and O–H groups in total. The second-order valence-corrected chi connectivity index (χ2v) is 6.30. The van der Waals surface area contributed by atoms with Crippen LogP contribution in [0.5, 0.6) is 0 Å². The molecule has 1 fully saturated rings. The summed E-state index contributed by atoms with van der Waals surface area (Å²) in [5, 5.41) is 0. The van der Waals surface area contributed by atoms with Crippen LogP contribution in [0, 0.1) is 5.92 Å². The molecule has 0 radical (unpaired) electrons. The summed E-state index contributed by atoms with van der Waals surface area (Å²) in [6.07, 6.45) is 2.51. The second kappa shape index (κ2) is 5.41. The lowest BCUT2D eigenvalue weighted by Crippen LogP contribution is -2.28. The molecule has 2 nitrogen and oxygen atoms in total. The SMILES string of the molecule is CC(C)(C)c1ccc(C2OCCCC2CN)cc1. The standard InChI is InChI=1S/C16H25NO/c1-16(2,3)14-8-6-12(7-9-14)15-13(11-17)5-4-10-18-15/h6-9,13,15H,4-5,10-11,17H2,1-3H3. The van der Waals surface area contributed by atoms with Gasteiger partial charge in [0.1, 0.15) is 0 Å². The van der Waals surface area contributed by atoms with E-state index in [2.05, 4.69) is 45.0 Å². The third-order valence-electron chi connectivity index (χ3n) is 3.85. The van der Waals surface area contributed by atoms with E-state index in [1.54, 1.807) is 0 Å². The number of hydrogen-bond acceptors (Lipinski definition) is 2. The average Bonchev–Trinajstić information content (AvgIpc) is 2.38. The van der Waals surface area contributed by atoms with Crippen LogP contribution in [0.25, 0.3) is 0 Å². The molecule has 2 rings (SSSR count). The minimum Gasteiger partial charge on any atom is -0.373 e. The molecule has 18 heavy (non-hydrogen) atoms. The Morgan fingerprint density at radius 2 is 1.89 bits per heavy atom. The normalized spacial score (nSPS) is 25.1. The predicted molar refractivity (Wildman–Crippen MR) is 75.6 cm³/mol. The van der Waals surface area contributed by atoms with Crippen LogP contribution in [0.3, 0.4) is 0 Å². The van der Waals surface area contributed by atoms with Crippen molar-refractivity contribution in [2.24, 2.45) is 11.7 Å². The Morgan fingerprint density at radius 3 is 2.44 bits per heavy atom. The Morgan fingerprint density at radius 1 is 1.22 bits per heavy atom. The molecule has 1 heterocycles. The maximum absolute atomic E-state index is 5.91. The van der Waals surface area contributed by atoms with Gasteiger partial charge in [0.05, 0.1) is 6.10 Å². The third kappa shape index (κ3) is 2.93. The molecule has 0 aromatic heterocycles. The molecule has 2 unspecified atom stereocenters. The van der Waals surface area contributed by atoms with Gasteiger partial charge >= 0.3 is 0 Å². The van der Waals surface area contributed by atoms with Gasteiger partial charge in [-0.25, -0.2) is 0 Å². The number of benzene rings is 1. The summed E-state index contributed by atoms with van der Waals surface area (Å²) in [7, 11) is 0. The first-order valence-electron chi connectivity index (χ1n) is 6.94. The number of nitrogens with two attached hydrogens (primary N) is 1. The Hall–Kier alpha value is -0.860. The van der Waals surface area contributed by atoms with Gasteiger partial charge in [-0.3, -0.25) is 0 Å². The van der Waals surface area contributed by atoms with Crippen molar-refractivity contribution in [2.75, 3.05) is 13.2 Å². The zero-order chi connectivity index (χ0) is 13.2. The molecule has 2 atom stereocenters. The summed E-state index contributed by atoms with van der Waals surface area (Å²) >= 11 is 0. The number of hydrogen-bond donors (Lipinski definition) is 1. The van der Waals surface area contributed by atoms with Crippen molar-refractivity contribution in [2.45, 2.75) is 45.1 Å². The van der Waals surface area contributed by atoms with E-state index < -0.39 is 0 Å². The van der Waals surface area contributed by atoms with E-state index >= 15 is 0 Å². The molecule has 0 aliphatic carbocycles. The van der Waals surface area contributed by atoms with Crippen molar-refractivity contribution in [3.8, 4) is 0 Å². The van der Waals surface area contributed by atoms with E-state index in [0.717, 1.165) is 13.0 Å². The Balaban J connectivity index is 2.18. The molecule has 0 amide bonds. The van der Waals surface area contributed by atoms with Gasteiger partial charge in [0, 0.05) is 12.5 Å². The molecule has 1 aliphatic heterocycles. The Bertz CT molecular complexity index is 377. The summed E-state index contributed by atoms with van der Waals surface area (Å²) < 4.78 is 5.91. The van der Waals surface area contributed by atoms with Crippen molar-refractivity contribution >= 4 is 0 Å². The van der Waals surface area contributed by atoms with Gasteiger partial charge in [-0.15, -0.1) is 0 Å². The zero-order valence-corrected chi connectivity index (χ0v) is 11.8. The fourth-order valence-corrected chi connectivity index (χ4v) is 2.63. The predicted octanol–water partition coefficient (Wildman–Crippen LogP) is 3.41. The van der Waals surface area contributed by atoms with Crippen LogP contribution in [0.2, 0.25) is 0 Å². The molecule has 2 heteroatoms. The molecule has 1 aromatic rings. The summed E-state index contributed by atoms with van der Waals surface area (Å²) in [5.74, 6) is 0.472. The van der Waals surface area contributed by atoms with Gasteiger partial charge < -0.3 is 10.5 Å². The molecule has 1 aromatic carbocycles. The molecule has 0 saturated carbocycles. The van der Waals surface area contributed by atoms with E-state index in [1.165, 1.54) is 17.5 Å². The van der Waals surface area contributed by atoms with Crippen LogP contribution >= 0.6 is 0 Å². The maximum atomic E-state index is 5.91. The highest BCUT2D eigenvalue weighted by atomic mass is 16.5. The van der Waals surface area contributed by atoms with Crippen LogP contribution in [0.1, 0.15) is 50.8 Å². The highest BCUT2D eigenvalue weighted by Crippen LogP contribution is 2.34. The smallest absolute Gasteiger partial charge is 0.0865 e. The maximum Gasteiger partial charge on any atom is 0.0865 e. The molecule has 0 bridgehead atoms. The first-order valence-corrected chi connectivity index (χ1v) is 6.94. The topological polar surface area (TPSA) is 35.2 Å². The van der Waals surface area contributed by atoms with E-state index in [0.29, 0.717) is 12.5 Å². The Labute approximate surface area is 111 Å². The van der Waals surface area contributed by atoms with Crippen LogP contribution in [0.15, 0.2) is 24.3 Å². The summed E-state index contributed by atoms with van der Waals surface area (Å²) in [6.45, 7) is 8.29. The highest BCUT2D eigenvalue weighted by molar-refractivity contribution is 5.29. The van der Waals surface area contributed by atoms with Crippen LogP contribution < -0.4 is 5.73 Å². The van der Waals surface area contributed by atoms with E-state index in [-0.39, 0.29) is 11.5 Å². The van der Waals surface area contributed by atoms with E-state index in [4.69, 9.17) is 10.5 Å². The van der Waals surface area contributed by atoms with Gasteiger partial charge in [-0.2, -0.15) is 0 Å². The second-order valence-electron chi connectivity index (χ2n) is 6.30. The fourth-order valence-electron chi connectivity index (χ4n) is 2.63. The molecular weight excluding hydrogens is 222 g/mol. The third-order valence-corrected chi connectivity index (χ3v) is 3.85. The zero-order valence-electron chi connectivity index (χ0n) is 11.8. The largest absolute Gasteiger partial charge is 0.373 e. The molecule has 1 saturated heterocycles. The highest BCUT2D eigenvalue weighted by Gasteiger charge is 2.26. The minimum atomic E-state index is 0.192. The Kier molecular flexibility index (Phi) is 4.08. The average molecular weight is 247 g/mol. The van der Waals surface area contributed by atoms with Crippen molar-refractivity contribution in [1.29, 1.82) is 0 Å². The molecule has 1 aliphatic rings. The fraction of sp³-hybridized carbons (Fsp3) is 0.625. The van der Waals surface area contributed by atoms with Crippen molar-refractivity contribution in [3.63, 3.8) is 0 Å². The summed E-state index contributed by atoms with van der Waals surface area (Å²) in [6, 6.07) is 8.86. The van der Waals surface area contributed by atoms with Gasteiger partial charge in [0.25, 0.3) is 0 Å². The van der Waals surface area contributed by atoms with E-state index in [1.807, 2.05) is 0 Å². The van der Waals surface area contributed by atoms with Crippen molar-refractivity contribution < 1.29 is 4.74 Å². The van der Waals surface area contributed by atoms with Gasteiger partial charge in [-0.1, -0.05) is 45.0 Å². The van der Waals surface area contributed by atoms with Crippen LogP contribution in [-0.2, 0) is 10.2 Å². The van der Waals surface area contributed by atoms with Crippen molar-refractivity contribution in [3.05, 3.63) is 35.4 Å². The van der Waals surface area contributed by atoms with Crippen LogP contribution in [-0.4, -0.2) is 13.2 Å². The molecule has 0 spiro atoms. The monoisotopic (exact) mass is 247 g/mol. The molecule has 100 valence electrons.